The molecule has 0 aromatic rings. The molecule has 3 N–H and O–H groups in total. The van der Waals surface area contributed by atoms with Gasteiger partial charge in [0, 0.05) is 12.6 Å². The van der Waals surface area contributed by atoms with Crippen LogP contribution in [0.2, 0.25) is 0 Å². The maximum atomic E-state index is 11.6. The van der Waals surface area contributed by atoms with Crippen molar-refractivity contribution in [2.24, 2.45) is 11.7 Å². The van der Waals surface area contributed by atoms with Crippen LogP contribution in [-0.4, -0.2) is 43.5 Å². The van der Waals surface area contributed by atoms with Gasteiger partial charge in [-0.2, -0.15) is 5.26 Å². The van der Waals surface area contributed by atoms with Crippen LogP contribution in [0.5, 0.6) is 0 Å². The Morgan fingerprint density at radius 2 is 2.35 bits per heavy atom. The normalized spacial score (nSPS) is 23.6. The topological polar surface area (TPSA) is 82.2 Å². The molecule has 1 saturated carbocycles. The first-order valence-electron chi connectivity index (χ1n) is 6.23. The van der Waals surface area contributed by atoms with Crippen LogP contribution in [0.3, 0.4) is 0 Å². The van der Waals surface area contributed by atoms with Gasteiger partial charge >= 0.3 is 0 Å². The molecule has 1 rings (SSSR count). The lowest BCUT2D eigenvalue weighted by Gasteiger charge is -2.28. The van der Waals surface area contributed by atoms with Crippen LogP contribution in [0.25, 0.3) is 0 Å². The fraction of sp³-hybridized carbons (Fsp3) is 0.833. The summed E-state index contributed by atoms with van der Waals surface area (Å²) in [6.07, 6.45) is 3.86. The van der Waals surface area contributed by atoms with E-state index in [1.807, 2.05) is 13.1 Å². The minimum Gasteiger partial charge on any atom is -0.354 e. The van der Waals surface area contributed by atoms with Crippen molar-refractivity contribution in [1.82, 2.24) is 10.2 Å². The van der Waals surface area contributed by atoms with Crippen LogP contribution in [0, 0.1) is 17.2 Å². The number of nitrogens with zero attached hydrogens (tertiary/aromatic N) is 2. The van der Waals surface area contributed by atoms with Gasteiger partial charge in [-0.05, 0) is 32.4 Å². The maximum absolute atomic E-state index is 11.6. The second-order valence-corrected chi connectivity index (χ2v) is 4.67. The highest BCUT2D eigenvalue weighted by Gasteiger charge is 2.29. The summed E-state index contributed by atoms with van der Waals surface area (Å²) >= 11 is 0. The third kappa shape index (κ3) is 4.33. The van der Waals surface area contributed by atoms with Crippen molar-refractivity contribution in [3.63, 3.8) is 0 Å². The highest BCUT2D eigenvalue weighted by atomic mass is 16.2. The fourth-order valence-corrected chi connectivity index (χ4v) is 2.53. The molecule has 0 heterocycles. The van der Waals surface area contributed by atoms with Crippen molar-refractivity contribution >= 4 is 5.91 Å². The molecular formula is C12H22N4O. The molecule has 1 aliphatic carbocycles. The summed E-state index contributed by atoms with van der Waals surface area (Å²) in [5, 5.41) is 11.1. The van der Waals surface area contributed by atoms with E-state index in [-0.39, 0.29) is 5.91 Å². The zero-order chi connectivity index (χ0) is 12.7. The summed E-state index contributed by atoms with van der Waals surface area (Å²) in [6.45, 7) is 1.53. The minimum atomic E-state index is -0.00887. The van der Waals surface area contributed by atoms with E-state index < -0.39 is 0 Å². The number of likely N-dealkylation sites (N-methyl/N-ethyl adjacent to an activating group) is 1. The molecule has 0 radical (unpaired) electrons. The molecule has 5 heteroatoms. The third-order valence-electron chi connectivity index (χ3n) is 3.44. The van der Waals surface area contributed by atoms with Crippen LogP contribution in [0.4, 0.5) is 0 Å². The van der Waals surface area contributed by atoms with Gasteiger partial charge < -0.3 is 11.1 Å². The Balaban J connectivity index is 2.30. The molecule has 0 aliphatic heterocycles. The molecule has 5 nitrogen and oxygen atoms in total. The number of nitrogens with one attached hydrogen (secondary N) is 1. The minimum absolute atomic E-state index is 0.00887. The zero-order valence-electron chi connectivity index (χ0n) is 10.5. The lowest BCUT2D eigenvalue weighted by atomic mass is 10.0. The smallest absolute Gasteiger partial charge is 0.234 e. The quantitative estimate of drug-likeness (QED) is 0.642. The van der Waals surface area contributed by atoms with Gasteiger partial charge in [-0.25, -0.2) is 0 Å². The fourth-order valence-electron chi connectivity index (χ4n) is 2.53. The Labute approximate surface area is 103 Å². The molecule has 0 aromatic carbocycles. The van der Waals surface area contributed by atoms with Gasteiger partial charge in [-0.3, -0.25) is 9.69 Å². The van der Waals surface area contributed by atoms with Gasteiger partial charge in [0.05, 0.1) is 19.0 Å². The summed E-state index contributed by atoms with van der Waals surface area (Å²) in [5.41, 5.74) is 5.73. The Morgan fingerprint density at radius 1 is 1.59 bits per heavy atom. The van der Waals surface area contributed by atoms with Crippen molar-refractivity contribution in [1.29, 1.82) is 5.26 Å². The molecule has 1 aliphatic rings. The van der Waals surface area contributed by atoms with Crippen molar-refractivity contribution in [2.75, 3.05) is 26.7 Å². The van der Waals surface area contributed by atoms with Crippen LogP contribution >= 0.6 is 0 Å². The highest BCUT2D eigenvalue weighted by molar-refractivity contribution is 5.78. The van der Waals surface area contributed by atoms with E-state index >= 15 is 0 Å². The van der Waals surface area contributed by atoms with Crippen LogP contribution < -0.4 is 11.1 Å². The number of amides is 1. The van der Waals surface area contributed by atoms with Gasteiger partial charge in [0.25, 0.3) is 0 Å². The van der Waals surface area contributed by atoms with Crippen molar-refractivity contribution in [2.45, 2.75) is 31.7 Å². The summed E-state index contributed by atoms with van der Waals surface area (Å²) in [5.74, 6) is 0.511. The molecule has 96 valence electrons. The first-order valence-corrected chi connectivity index (χ1v) is 6.23. The summed E-state index contributed by atoms with van der Waals surface area (Å²) < 4.78 is 0. The lowest BCUT2D eigenvalue weighted by Crippen LogP contribution is -2.43. The van der Waals surface area contributed by atoms with E-state index in [2.05, 4.69) is 10.2 Å². The summed E-state index contributed by atoms with van der Waals surface area (Å²) in [6, 6.07) is 2.43. The highest BCUT2D eigenvalue weighted by Crippen LogP contribution is 2.28. The van der Waals surface area contributed by atoms with E-state index in [0.29, 0.717) is 38.0 Å². The van der Waals surface area contributed by atoms with Crippen LogP contribution in [-0.2, 0) is 4.79 Å². The predicted molar refractivity (Wildman–Crippen MR) is 66.1 cm³/mol. The number of rotatable bonds is 6. The Kier molecular flexibility index (Phi) is 5.95. The largest absolute Gasteiger partial charge is 0.354 e. The van der Waals surface area contributed by atoms with Gasteiger partial charge in [-0.1, -0.05) is 6.42 Å². The third-order valence-corrected chi connectivity index (χ3v) is 3.44. The summed E-state index contributed by atoms with van der Waals surface area (Å²) in [7, 11) is 1.97. The molecule has 0 spiro atoms. The van der Waals surface area contributed by atoms with Gasteiger partial charge in [0.15, 0.2) is 0 Å². The Bertz CT molecular complexity index is 287. The number of hydrogen-bond acceptors (Lipinski definition) is 4. The number of carbonyl (C=O) groups is 1. The summed E-state index contributed by atoms with van der Waals surface area (Å²) in [4.78, 5) is 13.7. The lowest BCUT2D eigenvalue weighted by molar-refractivity contribution is -0.122. The van der Waals surface area contributed by atoms with E-state index in [4.69, 9.17) is 11.0 Å². The molecule has 1 amide bonds. The van der Waals surface area contributed by atoms with Crippen LogP contribution in [0.15, 0.2) is 0 Å². The van der Waals surface area contributed by atoms with E-state index in [0.717, 1.165) is 6.42 Å². The number of nitriles is 1. The maximum Gasteiger partial charge on any atom is 0.234 e. The van der Waals surface area contributed by atoms with Crippen molar-refractivity contribution in [3.8, 4) is 6.07 Å². The monoisotopic (exact) mass is 238 g/mol. The molecule has 0 aromatic heterocycles. The van der Waals surface area contributed by atoms with Gasteiger partial charge in [0.2, 0.25) is 5.91 Å². The molecule has 0 bridgehead atoms. The molecule has 1 fully saturated rings. The molecule has 17 heavy (non-hydrogen) atoms. The van der Waals surface area contributed by atoms with E-state index in [1.165, 1.54) is 12.8 Å². The number of carbonyl (C=O) groups excluding carboxylic acids is 1. The molecule has 2 unspecified atom stereocenters. The van der Waals surface area contributed by atoms with Gasteiger partial charge in [-0.15, -0.1) is 0 Å². The molecular weight excluding hydrogens is 216 g/mol. The second-order valence-electron chi connectivity index (χ2n) is 4.67. The van der Waals surface area contributed by atoms with Crippen molar-refractivity contribution < 1.29 is 4.79 Å². The number of nitrogens with two attached hydrogens (primary N) is 1. The van der Waals surface area contributed by atoms with Crippen LogP contribution in [0.1, 0.15) is 25.7 Å². The van der Waals surface area contributed by atoms with E-state index in [9.17, 15) is 4.79 Å². The van der Waals surface area contributed by atoms with E-state index in [1.54, 1.807) is 0 Å². The molecule has 2 atom stereocenters. The Morgan fingerprint density at radius 3 is 3.00 bits per heavy atom. The average molecular weight is 238 g/mol. The predicted octanol–water partition coefficient (Wildman–Crippen LogP) is 0.0755. The second kappa shape index (κ2) is 7.25. The first kappa shape index (κ1) is 13.9. The molecule has 0 saturated heterocycles. The van der Waals surface area contributed by atoms with Gasteiger partial charge in [0.1, 0.15) is 0 Å². The Hall–Kier alpha value is -1.12. The SMILES string of the molecule is CN(CC(=O)NCCC#N)C1CCCC1CN. The standard InChI is InChI=1S/C12H22N4O/c1-16(9-12(17)15-7-3-6-13)11-5-2-4-10(11)8-14/h10-11H,2-5,7-9,14H2,1H3,(H,15,17). The zero-order valence-corrected chi connectivity index (χ0v) is 10.5. The number of hydrogen-bond donors (Lipinski definition) is 2. The average Bonchev–Trinajstić information content (AvgIpc) is 2.77. The first-order chi connectivity index (χ1) is 8.19. The van der Waals surface area contributed by atoms with Crippen molar-refractivity contribution in [3.05, 3.63) is 0 Å².